The van der Waals surface area contributed by atoms with E-state index < -0.39 is 51.8 Å². The molecule has 12 heteroatoms. The maximum Gasteiger partial charge on any atom is 0.306 e. The summed E-state index contributed by atoms with van der Waals surface area (Å²) in [6, 6.07) is 0. The highest BCUT2D eigenvalue weighted by Gasteiger charge is 2.21. The van der Waals surface area contributed by atoms with Crippen LogP contribution in [0.15, 0.2) is 48.6 Å². The molecule has 322 valence electrons. The zero-order valence-corrected chi connectivity index (χ0v) is 35.8. The van der Waals surface area contributed by atoms with E-state index >= 15 is 0 Å². The minimum atomic E-state index is -4.88. The molecule has 0 aromatic carbocycles. The molecule has 3 atom stereocenters. The summed E-state index contributed by atoms with van der Waals surface area (Å²) in [5.74, 6) is -1.02. The van der Waals surface area contributed by atoms with Crippen molar-refractivity contribution in [2.45, 2.75) is 187 Å². The SMILES string of the molecule is CCCCC/C=C\C/C=C\C/C=C\C/C=C\CCCC(=O)O[C@H](COC(=O)CCCCCCCCCCCCCCCC)COP(=O)([O-])OCC(O)CO.[NH4+]. The average Bonchev–Trinajstić information content (AvgIpc) is 3.16. The summed E-state index contributed by atoms with van der Waals surface area (Å²) in [5, 5.41) is 18.3. The van der Waals surface area contributed by atoms with Crippen LogP contribution in [0, 0.1) is 0 Å². The number of allylic oxidation sites excluding steroid dienone is 8. The van der Waals surface area contributed by atoms with Gasteiger partial charge in [0.1, 0.15) is 12.7 Å². The van der Waals surface area contributed by atoms with Crippen LogP contribution in [-0.2, 0) is 32.7 Å². The Morgan fingerprint density at radius 3 is 1.51 bits per heavy atom. The molecule has 0 bridgehead atoms. The molecule has 0 amide bonds. The van der Waals surface area contributed by atoms with E-state index in [0.29, 0.717) is 19.3 Å². The Morgan fingerprint density at radius 1 is 0.582 bits per heavy atom. The van der Waals surface area contributed by atoms with Crippen LogP contribution in [0.1, 0.15) is 174 Å². The van der Waals surface area contributed by atoms with Gasteiger partial charge in [-0.05, 0) is 51.4 Å². The van der Waals surface area contributed by atoms with Crippen molar-refractivity contribution in [3.05, 3.63) is 48.6 Å². The lowest BCUT2D eigenvalue weighted by Crippen LogP contribution is -2.30. The minimum Gasteiger partial charge on any atom is -0.756 e. The Kier molecular flexibility index (Phi) is 41.5. The van der Waals surface area contributed by atoms with Crippen LogP contribution in [0.2, 0.25) is 0 Å². The van der Waals surface area contributed by atoms with E-state index in [1.54, 1.807) is 0 Å². The van der Waals surface area contributed by atoms with Crippen LogP contribution in [0.3, 0.4) is 0 Å². The van der Waals surface area contributed by atoms with Crippen molar-refractivity contribution in [2.75, 3.05) is 26.4 Å². The van der Waals surface area contributed by atoms with Crippen LogP contribution in [0.4, 0.5) is 0 Å². The third kappa shape index (κ3) is 41.3. The molecule has 0 aromatic rings. The van der Waals surface area contributed by atoms with Gasteiger partial charge in [0.05, 0.1) is 19.8 Å². The van der Waals surface area contributed by atoms with Gasteiger partial charge in [0, 0.05) is 12.8 Å². The van der Waals surface area contributed by atoms with E-state index in [1.165, 1.54) is 83.5 Å². The van der Waals surface area contributed by atoms with E-state index in [2.05, 4.69) is 54.8 Å². The van der Waals surface area contributed by atoms with Crippen LogP contribution in [0.5, 0.6) is 0 Å². The van der Waals surface area contributed by atoms with E-state index in [0.717, 1.165) is 44.9 Å². The zero-order valence-electron chi connectivity index (χ0n) is 34.9. The fourth-order valence-corrected chi connectivity index (χ4v) is 6.23. The maximum absolute atomic E-state index is 12.6. The molecule has 0 fully saturated rings. The molecule has 0 radical (unpaired) electrons. The Labute approximate surface area is 334 Å². The molecule has 0 rings (SSSR count). The first-order chi connectivity index (χ1) is 26.2. The summed E-state index contributed by atoms with van der Waals surface area (Å²) in [4.78, 5) is 37.1. The lowest BCUT2D eigenvalue weighted by Gasteiger charge is -2.26. The lowest BCUT2D eigenvalue weighted by atomic mass is 10.0. The summed E-state index contributed by atoms with van der Waals surface area (Å²) >= 11 is 0. The van der Waals surface area contributed by atoms with Crippen molar-refractivity contribution < 1.29 is 47.8 Å². The number of esters is 2. The third-order valence-electron chi connectivity index (χ3n) is 8.73. The highest BCUT2D eigenvalue weighted by Crippen LogP contribution is 2.38. The number of rotatable bonds is 39. The Bertz CT molecular complexity index is 1050. The number of hydrogen-bond acceptors (Lipinski definition) is 10. The Balaban J connectivity index is 0. The van der Waals surface area contributed by atoms with Gasteiger partial charge >= 0.3 is 11.9 Å². The normalized spacial score (nSPS) is 14.1. The van der Waals surface area contributed by atoms with E-state index in [-0.39, 0.29) is 25.6 Å². The standard InChI is InChI=1S/C43H77O10P.H3N/c1-3-5-7-9-11-13-15-17-19-20-21-23-25-27-29-31-33-35-43(47)53-41(39-52-54(48,49)51-37-40(45)36-44)38-50-42(46)34-32-30-28-26-24-22-18-16-14-12-10-8-6-4-2;/h11,13,17,19,21,23,27,29,40-41,44-45H,3-10,12,14-16,18,20,22,24-26,28,30-39H2,1-2H3,(H,48,49);1H3/b13-11-,19-17-,23-21-,29-27-;/t40?,41-;/m1./s1. The quantitative estimate of drug-likeness (QED) is 0.0233. The number of quaternary nitrogens is 1. The number of carbonyl (C=O) groups is 2. The van der Waals surface area contributed by atoms with Gasteiger partial charge in [-0.1, -0.05) is 159 Å². The first kappa shape index (κ1) is 55.0. The molecule has 0 aliphatic carbocycles. The topological polar surface area (TPSA) is 188 Å². The lowest BCUT2D eigenvalue weighted by molar-refractivity contribution is -0.230. The van der Waals surface area contributed by atoms with E-state index in [9.17, 15) is 24.2 Å². The van der Waals surface area contributed by atoms with Crippen molar-refractivity contribution in [3.8, 4) is 0 Å². The second-order valence-corrected chi connectivity index (χ2v) is 15.4. The second-order valence-electron chi connectivity index (χ2n) is 14.0. The number of phosphoric acid groups is 1. The van der Waals surface area contributed by atoms with Gasteiger partial charge in [-0.2, -0.15) is 0 Å². The van der Waals surface area contributed by atoms with Crippen LogP contribution >= 0.6 is 7.82 Å². The molecule has 0 aliphatic rings. The van der Waals surface area contributed by atoms with Crippen molar-refractivity contribution in [1.82, 2.24) is 6.15 Å². The van der Waals surface area contributed by atoms with E-state index in [4.69, 9.17) is 19.1 Å². The second kappa shape index (κ2) is 41.5. The fourth-order valence-electron chi connectivity index (χ4n) is 5.45. The van der Waals surface area contributed by atoms with Gasteiger partial charge in [0.2, 0.25) is 0 Å². The molecule has 55 heavy (non-hydrogen) atoms. The first-order valence-electron chi connectivity index (χ1n) is 21.1. The van der Waals surface area contributed by atoms with Crippen molar-refractivity contribution in [1.29, 1.82) is 0 Å². The van der Waals surface area contributed by atoms with Gasteiger partial charge in [-0.3, -0.25) is 14.2 Å². The molecule has 0 saturated heterocycles. The molecule has 0 aromatic heterocycles. The molecule has 0 aliphatic heterocycles. The first-order valence-corrected chi connectivity index (χ1v) is 22.5. The minimum absolute atomic E-state index is 0. The molecule has 0 saturated carbocycles. The molecule has 2 unspecified atom stereocenters. The smallest absolute Gasteiger partial charge is 0.306 e. The summed E-state index contributed by atoms with van der Waals surface area (Å²) in [6.07, 6.45) is 40.6. The highest BCUT2D eigenvalue weighted by atomic mass is 31.2. The number of aliphatic hydroxyl groups is 2. The van der Waals surface area contributed by atoms with Crippen molar-refractivity contribution >= 4 is 19.8 Å². The van der Waals surface area contributed by atoms with Crippen molar-refractivity contribution in [3.63, 3.8) is 0 Å². The Morgan fingerprint density at radius 2 is 1.00 bits per heavy atom. The zero-order chi connectivity index (χ0) is 39.8. The highest BCUT2D eigenvalue weighted by molar-refractivity contribution is 7.45. The number of carbonyl (C=O) groups excluding carboxylic acids is 2. The van der Waals surface area contributed by atoms with Gasteiger partial charge < -0.3 is 39.8 Å². The van der Waals surface area contributed by atoms with Crippen LogP contribution in [-0.4, -0.2) is 60.8 Å². The number of unbranched alkanes of at least 4 members (excludes halogenated alkanes) is 17. The fraction of sp³-hybridized carbons (Fsp3) is 0.767. The molecule has 0 spiro atoms. The molecular formula is C43H80NO10P. The average molecular weight is 802 g/mol. The van der Waals surface area contributed by atoms with E-state index in [1.807, 2.05) is 12.2 Å². The monoisotopic (exact) mass is 802 g/mol. The predicted octanol–water partition coefficient (Wildman–Crippen LogP) is 10.7. The number of aliphatic hydroxyl groups excluding tert-OH is 2. The van der Waals surface area contributed by atoms with Gasteiger partial charge in [-0.25, -0.2) is 0 Å². The number of phosphoric ester groups is 1. The van der Waals surface area contributed by atoms with Gasteiger partial charge in [0.15, 0.2) is 6.10 Å². The number of ether oxygens (including phenoxy) is 2. The van der Waals surface area contributed by atoms with Gasteiger partial charge in [0.25, 0.3) is 7.82 Å². The summed E-state index contributed by atoms with van der Waals surface area (Å²) in [6.45, 7) is 2.10. The predicted molar refractivity (Wildman–Crippen MR) is 223 cm³/mol. The molecular weight excluding hydrogens is 721 g/mol. The largest absolute Gasteiger partial charge is 0.756 e. The maximum atomic E-state index is 12.6. The molecule has 0 heterocycles. The Hall–Kier alpha value is -2.11. The van der Waals surface area contributed by atoms with Crippen molar-refractivity contribution in [2.24, 2.45) is 0 Å². The third-order valence-corrected chi connectivity index (χ3v) is 9.66. The number of hydrogen-bond donors (Lipinski definition) is 3. The summed E-state index contributed by atoms with van der Waals surface area (Å²) < 4.78 is 32.2. The summed E-state index contributed by atoms with van der Waals surface area (Å²) in [5.41, 5.74) is 0. The summed E-state index contributed by atoms with van der Waals surface area (Å²) in [7, 11) is -4.88. The van der Waals surface area contributed by atoms with Crippen LogP contribution < -0.4 is 11.0 Å². The molecule has 6 N–H and O–H groups in total. The van der Waals surface area contributed by atoms with Gasteiger partial charge in [-0.15, -0.1) is 0 Å². The van der Waals surface area contributed by atoms with Crippen LogP contribution in [0.25, 0.3) is 0 Å². The molecule has 11 nitrogen and oxygen atoms in total.